The van der Waals surface area contributed by atoms with Crippen LogP contribution in [0, 0.1) is 3.57 Å². The highest BCUT2D eigenvalue weighted by molar-refractivity contribution is 14.1. The standard InChI is InChI=1S/C10H10ClIN4O/c1-2-15-4-3-13-7(15)5-16-6-14-9(11)8(12)10(16)17/h3-4,6H,2,5H2,1H3. The second-order valence-corrected chi connectivity index (χ2v) is 4.85. The molecule has 17 heavy (non-hydrogen) atoms. The van der Waals surface area contributed by atoms with Gasteiger partial charge in [-0.15, -0.1) is 0 Å². The number of aromatic nitrogens is 4. The van der Waals surface area contributed by atoms with Gasteiger partial charge in [0.2, 0.25) is 0 Å². The van der Waals surface area contributed by atoms with Crippen LogP contribution in [0.2, 0.25) is 5.15 Å². The largest absolute Gasteiger partial charge is 0.334 e. The lowest BCUT2D eigenvalue weighted by Gasteiger charge is -2.07. The van der Waals surface area contributed by atoms with E-state index in [1.807, 2.05) is 40.3 Å². The fourth-order valence-corrected chi connectivity index (χ4v) is 2.06. The Bertz CT molecular complexity index is 592. The molecule has 0 saturated carbocycles. The Hall–Kier alpha value is -0.890. The second-order valence-electron chi connectivity index (χ2n) is 3.41. The van der Waals surface area contributed by atoms with Crippen LogP contribution in [0.25, 0.3) is 0 Å². The number of rotatable bonds is 3. The number of halogens is 2. The highest BCUT2D eigenvalue weighted by Crippen LogP contribution is 2.10. The maximum absolute atomic E-state index is 11.9. The Morgan fingerprint density at radius 3 is 2.88 bits per heavy atom. The van der Waals surface area contributed by atoms with Crippen LogP contribution in [0.1, 0.15) is 12.7 Å². The molecule has 90 valence electrons. The maximum Gasteiger partial charge on any atom is 0.268 e. The summed E-state index contributed by atoms with van der Waals surface area (Å²) < 4.78 is 3.91. The molecule has 0 spiro atoms. The quantitative estimate of drug-likeness (QED) is 0.616. The third-order valence-corrected chi connectivity index (χ3v) is 3.97. The zero-order valence-corrected chi connectivity index (χ0v) is 12.0. The van der Waals surface area contributed by atoms with Crippen LogP contribution < -0.4 is 5.56 Å². The normalized spacial score (nSPS) is 10.8. The first-order chi connectivity index (χ1) is 8.13. The van der Waals surface area contributed by atoms with E-state index in [2.05, 4.69) is 9.97 Å². The minimum absolute atomic E-state index is 0.142. The zero-order chi connectivity index (χ0) is 12.4. The van der Waals surface area contributed by atoms with Gasteiger partial charge in [-0.1, -0.05) is 11.6 Å². The average molecular weight is 365 g/mol. The molecule has 0 atom stereocenters. The predicted octanol–water partition coefficient (Wildman–Crippen LogP) is 1.77. The molecular weight excluding hydrogens is 354 g/mol. The summed E-state index contributed by atoms with van der Waals surface area (Å²) in [6, 6.07) is 0. The van der Waals surface area contributed by atoms with Crippen LogP contribution in [-0.4, -0.2) is 19.1 Å². The summed E-state index contributed by atoms with van der Waals surface area (Å²) in [7, 11) is 0. The highest BCUT2D eigenvalue weighted by Gasteiger charge is 2.09. The smallest absolute Gasteiger partial charge is 0.268 e. The highest BCUT2D eigenvalue weighted by atomic mass is 127. The third-order valence-electron chi connectivity index (χ3n) is 2.39. The Balaban J connectivity index is 2.37. The lowest BCUT2D eigenvalue weighted by atomic mass is 10.5. The molecule has 0 bridgehead atoms. The van der Waals surface area contributed by atoms with Gasteiger partial charge in [0.1, 0.15) is 14.5 Å². The van der Waals surface area contributed by atoms with E-state index < -0.39 is 0 Å². The number of aryl methyl sites for hydroxylation is 1. The minimum Gasteiger partial charge on any atom is -0.334 e. The van der Waals surface area contributed by atoms with Crippen molar-refractivity contribution in [2.45, 2.75) is 20.0 Å². The molecule has 0 saturated heterocycles. The zero-order valence-electron chi connectivity index (χ0n) is 9.10. The molecule has 2 rings (SSSR count). The van der Waals surface area contributed by atoms with Crippen molar-refractivity contribution >= 4 is 34.2 Å². The Labute approximate surface area is 117 Å². The van der Waals surface area contributed by atoms with Crippen LogP contribution in [-0.2, 0) is 13.1 Å². The van der Waals surface area contributed by atoms with Gasteiger partial charge < -0.3 is 4.57 Å². The van der Waals surface area contributed by atoms with Crippen molar-refractivity contribution in [1.29, 1.82) is 0 Å². The van der Waals surface area contributed by atoms with E-state index in [4.69, 9.17) is 11.6 Å². The van der Waals surface area contributed by atoms with Gasteiger partial charge in [-0.3, -0.25) is 9.36 Å². The Kier molecular flexibility index (Phi) is 3.82. The van der Waals surface area contributed by atoms with Gasteiger partial charge in [0.25, 0.3) is 5.56 Å². The van der Waals surface area contributed by atoms with Gasteiger partial charge >= 0.3 is 0 Å². The van der Waals surface area contributed by atoms with Crippen LogP contribution in [0.3, 0.4) is 0 Å². The van der Waals surface area contributed by atoms with Gasteiger partial charge in [-0.25, -0.2) is 9.97 Å². The first-order valence-electron chi connectivity index (χ1n) is 5.04. The van der Waals surface area contributed by atoms with Crippen molar-refractivity contribution in [3.8, 4) is 0 Å². The van der Waals surface area contributed by atoms with Crippen molar-refractivity contribution < 1.29 is 0 Å². The molecule has 0 radical (unpaired) electrons. The first-order valence-corrected chi connectivity index (χ1v) is 6.49. The summed E-state index contributed by atoms with van der Waals surface area (Å²) >= 11 is 7.67. The molecule has 0 unspecified atom stereocenters. The molecule has 2 aromatic heterocycles. The third kappa shape index (κ3) is 2.52. The molecule has 2 aromatic rings. The van der Waals surface area contributed by atoms with Crippen molar-refractivity contribution in [1.82, 2.24) is 19.1 Å². The molecule has 0 aromatic carbocycles. The average Bonchev–Trinajstić information content (AvgIpc) is 2.77. The van der Waals surface area contributed by atoms with Gasteiger partial charge in [0.05, 0.1) is 12.9 Å². The maximum atomic E-state index is 11.9. The van der Waals surface area contributed by atoms with E-state index in [1.165, 1.54) is 10.9 Å². The van der Waals surface area contributed by atoms with E-state index in [1.54, 1.807) is 6.20 Å². The molecular formula is C10H10ClIN4O. The molecule has 0 N–H and O–H groups in total. The van der Waals surface area contributed by atoms with E-state index in [-0.39, 0.29) is 10.7 Å². The predicted molar refractivity (Wildman–Crippen MR) is 73.2 cm³/mol. The summed E-state index contributed by atoms with van der Waals surface area (Å²) in [5.74, 6) is 0.828. The van der Waals surface area contributed by atoms with Crippen LogP contribution in [0.15, 0.2) is 23.5 Å². The molecule has 0 fully saturated rings. The number of imidazole rings is 1. The molecule has 2 heterocycles. The van der Waals surface area contributed by atoms with Crippen molar-refractivity contribution in [2.24, 2.45) is 0 Å². The van der Waals surface area contributed by atoms with E-state index in [0.29, 0.717) is 10.1 Å². The van der Waals surface area contributed by atoms with E-state index in [0.717, 1.165) is 12.4 Å². The second kappa shape index (κ2) is 5.18. The van der Waals surface area contributed by atoms with Gasteiger partial charge in [0, 0.05) is 18.9 Å². The fraction of sp³-hybridized carbons (Fsp3) is 0.300. The molecule has 7 heteroatoms. The Morgan fingerprint density at radius 2 is 2.18 bits per heavy atom. The lowest BCUT2D eigenvalue weighted by Crippen LogP contribution is -2.25. The van der Waals surface area contributed by atoms with E-state index >= 15 is 0 Å². The SMILES string of the molecule is CCn1ccnc1Cn1cnc(Cl)c(I)c1=O. The summed E-state index contributed by atoms with van der Waals surface area (Å²) in [5.41, 5.74) is -0.142. The topological polar surface area (TPSA) is 52.7 Å². The van der Waals surface area contributed by atoms with E-state index in [9.17, 15) is 4.79 Å². The number of hydrogen-bond acceptors (Lipinski definition) is 3. The molecule has 0 aliphatic rings. The molecule has 5 nitrogen and oxygen atoms in total. The fourth-order valence-electron chi connectivity index (χ4n) is 1.49. The van der Waals surface area contributed by atoms with Gasteiger partial charge in [-0.05, 0) is 29.5 Å². The van der Waals surface area contributed by atoms with Crippen LogP contribution in [0.4, 0.5) is 0 Å². The van der Waals surface area contributed by atoms with Crippen LogP contribution >= 0.6 is 34.2 Å². The van der Waals surface area contributed by atoms with Gasteiger partial charge in [-0.2, -0.15) is 0 Å². The van der Waals surface area contributed by atoms with Crippen molar-refractivity contribution in [3.63, 3.8) is 0 Å². The number of nitrogens with zero attached hydrogens (tertiary/aromatic N) is 4. The van der Waals surface area contributed by atoms with Crippen LogP contribution in [0.5, 0.6) is 0 Å². The van der Waals surface area contributed by atoms with Crippen molar-refractivity contribution in [3.05, 3.63) is 43.6 Å². The molecule has 0 amide bonds. The molecule has 0 aliphatic heterocycles. The monoisotopic (exact) mass is 364 g/mol. The summed E-state index contributed by atoms with van der Waals surface area (Å²) in [6.07, 6.45) is 5.05. The molecule has 0 aliphatic carbocycles. The lowest BCUT2D eigenvalue weighted by molar-refractivity contribution is 0.629. The number of hydrogen-bond donors (Lipinski definition) is 0. The van der Waals surface area contributed by atoms with Gasteiger partial charge in [0.15, 0.2) is 0 Å². The van der Waals surface area contributed by atoms with Crippen molar-refractivity contribution in [2.75, 3.05) is 0 Å². The Morgan fingerprint density at radius 1 is 1.41 bits per heavy atom. The summed E-state index contributed by atoms with van der Waals surface area (Å²) in [6.45, 7) is 3.25. The minimum atomic E-state index is -0.142. The first kappa shape index (κ1) is 12.6. The summed E-state index contributed by atoms with van der Waals surface area (Å²) in [5, 5.41) is 0.241. The summed E-state index contributed by atoms with van der Waals surface area (Å²) in [4.78, 5) is 20.1.